The number of aromatic amines is 1. The minimum absolute atomic E-state index is 0.741. The lowest BCUT2D eigenvalue weighted by Gasteiger charge is -1.87. The third-order valence-electron chi connectivity index (χ3n) is 1.28. The van der Waals surface area contributed by atoms with Crippen molar-refractivity contribution >= 4 is 11.2 Å². The lowest BCUT2D eigenvalue weighted by atomic mass is 10.5. The van der Waals surface area contributed by atoms with Gasteiger partial charge in [0, 0.05) is 0 Å². The predicted molar refractivity (Wildman–Crippen MR) is 36.4 cm³/mol. The molecule has 2 rings (SSSR count). The van der Waals surface area contributed by atoms with Crippen molar-refractivity contribution in [2.45, 2.75) is 6.92 Å². The van der Waals surface area contributed by atoms with Crippen molar-refractivity contribution in [2.75, 3.05) is 0 Å². The van der Waals surface area contributed by atoms with Crippen LogP contribution in [0.2, 0.25) is 0 Å². The summed E-state index contributed by atoms with van der Waals surface area (Å²) in [7, 11) is 0. The van der Waals surface area contributed by atoms with Gasteiger partial charge in [0.05, 0.1) is 18.1 Å². The molecule has 4 heteroatoms. The third-order valence-corrected chi connectivity index (χ3v) is 1.28. The van der Waals surface area contributed by atoms with E-state index in [0.29, 0.717) is 0 Å². The molecule has 2 aromatic heterocycles. The lowest BCUT2D eigenvalue weighted by Crippen LogP contribution is -1.83. The molecule has 0 atom stereocenters. The highest BCUT2D eigenvalue weighted by Gasteiger charge is 1.95. The van der Waals surface area contributed by atoms with E-state index in [4.69, 9.17) is 0 Å². The molecule has 0 fully saturated rings. The van der Waals surface area contributed by atoms with Gasteiger partial charge in [-0.2, -0.15) is 5.10 Å². The Morgan fingerprint density at radius 2 is 2.30 bits per heavy atom. The van der Waals surface area contributed by atoms with Gasteiger partial charge < -0.3 is 0 Å². The molecule has 10 heavy (non-hydrogen) atoms. The van der Waals surface area contributed by atoms with E-state index >= 15 is 0 Å². The summed E-state index contributed by atoms with van der Waals surface area (Å²) in [4.78, 5) is 8.24. The number of fused-ring (bicyclic) bond motifs is 1. The summed E-state index contributed by atoms with van der Waals surface area (Å²) in [5, 5.41) is 6.52. The summed E-state index contributed by atoms with van der Waals surface area (Å²) in [5.74, 6) is 0. The number of H-pyrrole nitrogens is 1. The van der Waals surface area contributed by atoms with Crippen LogP contribution in [0.5, 0.6) is 0 Å². The van der Waals surface area contributed by atoms with E-state index in [0.717, 1.165) is 16.9 Å². The van der Waals surface area contributed by atoms with E-state index in [2.05, 4.69) is 20.2 Å². The average molecular weight is 134 g/mol. The van der Waals surface area contributed by atoms with Gasteiger partial charge in [-0.05, 0) is 6.92 Å². The number of nitrogens with one attached hydrogen (secondary N) is 1. The number of rotatable bonds is 0. The van der Waals surface area contributed by atoms with E-state index in [-0.39, 0.29) is 0 Å². The van der Waals surface area contributed by atoms with Gasteiger partial charge in [-0.1, -0.05) is 0 Å². The highest BCUT2D eigenvalue weighted by Crippen LogP contribution is 2.02. The van der Waals surface area contributed by atoms with Crippen molar-refractivity contribution in [3.8, 4) is 0 Å². The Kier molecular flexibility index (Phi) is 0.943. The zero-order chi connectivity index (χ0) is 6.97. The first-order valence-corrected chi connectivity index (χ1v) is 2.99. The number of hydrogen-bond donors (Lipinski definition) is 1. The van der Waals surface area contributed by atoms with Crippen LogP contribution in [-0.2, 0) is 0 Å². The summed E-state index contributed by atoms with van der Waals surface area (Å²) >= 11 is 0. The van der Waals surface area contributed by atoms with Gasteiger partial charge in [0.25, 0.3) is 0 Å². The molecule has 0 aliphatic carbocycles. The monoisotopic (exact) mass is 134 g/mol. The first-order chi connectivity index (χ1) is 4.86. The number of nitrogens with zero attached hydrogens (tertiary/aromatic N) is 3. The molecule has 2 heterocycles. The minimum Gasteiger partial charge on any atom is -0.259 e. The standard InChI is InChI=1S/C6H6N4/c1-4-2-7-6-5(9-4)3-8-10-6/h2-3H,1H3,(H,7,8,10). The SMILES string of the molecule is Cc1cnc2[nH]ncc2n1. The molecular weight excluding hydrogens is 128 g/mol. The second-order valence-electron chi connectivity index (χ2n) is 2.12. The Balaban J connectivity index is 2.86. The van der Waals surface area contributed by atoms with Gasteiger partial charge in [0.1, 0.15) is 5.52 Å². The Morgan fingerprint density at radius 1 is 1.40 bits per heavy atom. The molecule has 2 aromatic rings. The molecule has 0 bridgehead atoms. The minimum atomic E-state index is 0.741. The Morgan fingerprint density at radius 3 is 3.20 bits per heavy atom. The van der Waals surface area contributed by atoms with Crippen LogP contribution < -0.4 is 0 Å². The quantitative estimate of drug-likeness (QED) is 0.575. The highest BCUT2D eigenvalue weighted by atomic mass is 15.1. The number of aryl methyl sites for hydroxylation is 1. The topological polar surface area (TPSA) is 54.5 Å². The van der Waals surface area contributed by atoms with Crippen LogP contribution in [-0.4, -0.2) is 20.2 Å². The van der Waals surface area contributed by atoms with Crippen LogP contribution in [0.15, 0.2) is 12.4 Å². The Bertz CT molecular complexity index is 351. The van der Waals surface area contributed by atoms with Gasteiger partial charge in [-0.3, -0.25) is 5.10 Å². The fourth-order valence-electron chi connectivity index (χ4n) is 0.827. The normalized spacial score (nSPS) is 10.5. The molecule has 0 radical (unpaired) electrons. The van der Waals surface area contributed by atoms with Crippen LogP contribution in [0.3, 0.4) is 0 Å². The van der Waals surface area contributed by atoms with Crippen LogP contribution in [0.1, 0.15) is 5.69 Å². The molecule has 50 valence electrons. The van der Waals surface area contributed by atoms with Gasteiger partial charge in [0.2, 0.25) is 0 Å². The number of aromatic nitrogens is 4. The van der Waals surface area contributed by atoms with E-state index < -0.39 is 0 Å². The first kappa shape index (κ1) is 5.34. The van der Waals surface area contributed by atoms with Crippen molar-refractivity contribution in [2.24, 2.45) is 0 Å². The third kappa shape index (κ3) is 0.655. The molecule has 0 spiro atoms. The zero-order valence-electron chi connectivity index (χ0n) is 5.50. The number of hydrogen-bond acceptors (Lipinski definition) is 3. The molecule has 0 unspecified atom stereocenters. The van der Waals surface area contributed by atoms with Crippen LogP contribution in [0, 0.1) is 6.92 Å². The molecule has 0 amide bonds. The zero-order valence-corrected chi connectivity index (χ0v) is 5.50. The molecule has 0 aromatic carbocycles. The summed E-state index contributed by atoms with van der Waals surface area (Å²) in [5.41, 5.74) is 2.47. The molecule has 1 N–H and O–H groups in total. The maximum Gasteiger partial charge on any atom is 0.174 e. The van der Waals surface area contributed by atoms with Gasteiger partial charge >= 0.3 is 0 Å². The second kappa shape index (κ2) is 1.76. The van der Waals surface area contributed by atoms with Crippen molar-refractivity contribution in [1.29, 1.82) is 0 Å². The second-order valence-corrected chi connectivity index (χ2v) is 2.12. The van der Waals surface area contributed by atoms with E-state index in [1.54, 1.807) is 12.4 Å². The first-order valence-electron chi connectivity index (χ1n) is 2.99. The lowest BCUT2D eigenvalue weighted by molar-refractivity contribution is 1.09. The average Bonchev–Trinajstić information content (AvgIpc) is 2.33. The van der Waals surface area contributed by atoms with Gasteiger partial charge in [-0.15, -0.1) is 0 Å². The van der Waals surface area contributed by atoms with Crippen LogP contribution in [0.25, 0.3) is 11.2 Å². The highest BCUT2D eigenvalue weighted by molar-refractivity contribution is 5.67. The molecular formula is C6H6N4. The van der Waals surface area contributed by atoms with Crippen molar-refractivity contribution in [3.05, 3.63) is 18.1 Å². The largest absolute Gasteiger partial charge is 0.259 e. The molecule has 0 aliphatic rings. The summed E-state index contributed by atoms with van der Waals surface area (Å²) < 4.78 is 0. The molecule has 4 nitrogen and oxygen atoms in total. The summed E-state index contributed by atoms with van der Waals surface area (Å²) in [6.45, 7) is 1.90. The van der Waals surface area contributed by atoms with Crippen molar-refractivity contribution in [1.82, 2.24) is 20.2 Å². The molecule has 0 saturated heterocycles. The van der Waals surface area contributed by atoms with E-state index in [9.17, 15) is 0 Å². The summed E-state index contributed by atoms with van der Waals surface area (Å²) in [6.07, 6.45) is 3.37. The smallest absolute Gasteiger partial charge is 0.174 e. The maximum absolute atomic E-state index is 4.18. The van der Waals surface area contributed by atoms with Crippen LogP contribution in [0.4, 0.5) is 0 Å². The Hall–Kier alpha value is -1.45. The fraction of sp³-hybridized carbons (Fsp3) is 0.167. The maximum atomic E-state index is 4.18. The van der Waals surface area contributed by atoms with Crippen molar-refractivity contribution < 1.29 is 0 Å². The van der Waals surface area contributed by atoms with E-state index in [1.165, 1.54) is 0 Å². The molecule has 0 saturated carbocycles. The van der Waals surface area contributed by atoms with Crippen LogP contribution >= 0.6 is 0 Å². The van der Waals surface area contributed by atoms with Gasteiger partial charge in [-0.25, -0.2) is 9.97 Å². The molecule has 0 aliphatic heterocycles. The van der Waals surface area contributed by atoms with Crippen molar-refractivity contribution in [3.63, 3.8) is 0 Å². The Labute approximate surface area is 57.3 Å². The predicted octanol–water partition coefficient (Wildman–Crippen LogP) is 0.661. The van der Waals surface area contributed by atoms with Gasteiger partial charge in [0.15, 0.2) is 5.65 Å². The summed E-state index contributed by atoms with van der Waals surface area (Å²) in [6, 6.07) is 0. The van der Waals surface area contributed by atoms with E-state index in [1.807, 2.05) is 6.92 Å². The fourth-order valence-corrected chi connectivity index (χ4v) is 0.827.